The van der Waals surface area contributed by atoms with Crippen molar-refractivity contribution in [3.8, 4) is 0 Å². The summed E-state index contributed by atoms with van der Waals surface area (Å²) in [6.45, 7) is 1.17. The maximum Gasteiger partial charge on any atom is 0.262 e. The Hall–Kier alpha value is -2.15. The van der Waals surface area contributed by atoms with Gasteiger partial charge in [0.05, 0.1) is 29.3 Å². The molecule has 1 aromatic heterocycles. The molecular weight excluding hydrogens is 396 g/mol. The van der Waals surface area contributed by atoms with E-state index in [4.69, 9.17) is 16.3 Å². The fraction of sp³-hybridized carbons (Fsp3) is 0.286. The lowest BCUT2D eigenvalue weighted by Crippen LogP contribution is -2.29. The molecule has 0 bridgehead atoms. The van der Waals surface area contributed by atoms with E-state index in [0.717, 1.165) is 19.4 Å². The third kappa shape index (κ3) is 4.14. The van der Waals surface area contributed by atoms with E-state index in [9.17, 15) is 9.59 Å². The summed E-state index contributed by atoms with van der Waals surface area (Å²) in [5.41, 5.74) is 1.13. The van der Waals surface area contributed by atoms with Crippen molar-refractivity contribution in [2.24, 2.45) is 0 Å². The Morgan fingerprint density at radius 3 is 2.75 bits per heavy atom. The average Bonchev–Trinajstić information content (AvgIpc) is 3.22. The van der Waals surface area contributed by atoms with E-state index in [1.807, 2.05) is 18.2 Å². The number of thioether (sulfide) groups is 1. The zero-order chi connectivity index (χ0) is 19.5. The van der Waals surface area contributed by atoms with Gasteiger partial charge in [-0.3, -0.25) is 14.2 Å². The van der Waals surface area contributed by atoms with Gasteiger partial charge in [0.15, 0.2) is 10.9 Å². The number of hydrogen-bond acceptors (Lipinski definition) is 5. The minimum Gasteiger partial charge on any atom is -0.376 e. The number of carbonyl (C=O) groups excluding carboxylic acids is 1. The van der Waals surface area contributed by atoms with E-state index in [-0.39, 0.29) is 23.2 Å². The molecule has 0 radical (unpaired) electrons. The van der Waals surface area contributed by atoms with Gasteiger partial charge >= 0.3 is 0 Å². The van der Waals surface area contributed by atoms with Crippen molar-refractivity contribution in [1.29, 1.82) is 0 Å². The Morgan fingerprint density at radius 1 is 1.21 bits per heavy atom. The molecule has 2 aromatic carbocycles. The molecule has 0 saturated carbocycles. The number of para-hydroxylation sites is 1. The van der Waals surface area contributed by atoms with Crippen LogP contribution in [0.25, 0.3) is 10.9 Å². The molecule has 1 aliphatic rings. The van der Waals surface area contributed by atoms with Gasteiger partial charge in [0.25, 0.3) is 5.56 Å². The normalized spacial score (nSPS) is 16.5. The van der Waals surface area contributed by atoms with Gasteiger partial charge < -0.3 is 4.74 Å². The highest BCUT2D eigenvalue weighted by Gasteiger charge is 2.20. The zero-order valence-electron chi connectivity index (χ0n) is 15.1. The first kappa shape index (κ1) is 19.2. The number of hydrogen-bond donors (Lipinski definition) is 0. The number of Topliss-reactive ketones (excluding diaryl/α,β-unsaturated/α-hetero) is 1. The van der Waals surface area contributed by atoms with E-state index in [2.05, 4.69) is 4.98 Å². The predicted molar refractivity (Wildman–Crippen MR) is 111 cm³/mol. The molecule has 28 heavy (non-hydrogen) atoms. The number of halogens is 1. The molecule has 0 aliphatic carbocycles. The lowest BCUT2D eigenvalue weighted by atomic mass is 10.1. The fourth-order valence-electron chi connectivity index (χ4n) is 3.26. The van der Waals surface area contributed by atoms with Crippen molar-refractivity contribution < 1.29 is 9.53 Å². The second kappa shape index (κ2) is 8.47. The van der Waals surface area contributed by atoms with Crippen LogP contribution in [-0.2, 0) is 11.3 Å². The second-order valence-corrected chi connectivity index (χ2v) is 8.06. The minimum atomic E-state index is -0.0949. The molecule has 7 heteroatoms. The van der Waals surface area contributed by atoms with E-state index in [0.29, 0.717) is 33.2 Å². The highest BCUT2D eigenvalue weighted by Crippen LogP contribution is 2.22. The van der Waals surface area contributed by atoms with Crippen molar-refractivity contribution in [2.45, 2.75) is 30.6 Å². The molecule has 5 nitrogen and oxygen atoms in total. The molecule has 1 unspecified atom stereocenters. The molecule has 0 spiro atoms. The van der Waals surface area contributed by atoms with Gasteiger partial charge in [-0.05, 0) is 49.2 Å². The van der Waals surface area contributed by atoms with Gasteiger partial charge in [0.1, 0.15) is 0 Å². The monoisotopic (exact) mass is 414 g/mol. The second-order valence-electron chi connectivity index (χ2n) is 6.68. The lowest BCUT2D eigenvalue weighted by Gasteiger charge is -2.16. The highest BCUT2D eigenvalue weighted by atomic mass is 35.5. The SMILES string of the molecule is O=C(CSc1nc2ccccc2c(=O)n1CC1CCCO1)c1ccc(Cl)cc1. The zero-order valence-corrected chi connectivity index (χ0v) is 16.7. The number of fused-ring (bicyclic) bond motifs is 1. The first-order chi connectivity index (χ1) is 13.6. The van der Waals surface area contributed by atoms with Gasteiger partial charge in [-0.15, -0.1) is 0 Å². The molecule has 1 fully saturated rings. The molecule has 1 aliphatic heterocycles. The predicted octanol–water partition coefficient (Wildman–Crippen LogP) is 4.20. The van der Waals surface area contributed by atoms with Crippen LogP contribution in [0.2, 0.25) is 5.02 Å². The number of aromatic nitrogens is 2. The van der Waals surface area contributed by atoms with Gasteiger partial charge in [-0.1, -0.05) is 35.5 Å². The summed E-state index contributed by atoms with van der Waals surface area (Å²) >= 11 is 7.17. The van der Waals surface area contributed by atoms with E-state index >= 15 is 0 Å². The largest absolute Gasteiger partial charge is 0.376 e. The highest BCUT2D eigenvalue weighted by molar-refractivity contribution is 7.99. The van der Waals surface area contributed by atoms with Crippen LogP contribution < -0.4 is 5.56 Å². The Morgan fingerprint density at radius 2 is 2.00 bits per heavy atom. The van der Waals surface area contributed by atoms with Gasteiger partial charge in [0.2, 0.25) is 0 Å². The lowest BCUT2D eigenvalue weighted by molar-refractivity contribution is 0.0937. The Kier molecular flexibility index (Phi) is 5.80. The van der Waals surface area contributed by atoms with E-state index in [1.165, 1.54) is 11.8 Å². The maximum absolute atomic E-state index is 13.0. The van der Waals surface area contributed by atoms with E-state index in [1.54, 1.807) is 34.9 Å². The quantitative estimate of drug-likeness (QED) is 0.343. The molecule has 2 heterocycles. The summed E-state index contributed by atoms with van der Waals surface area (Å²) in [7, 11) is 0. The van der Waals surface area contributed by atoms with Crippen molar-refractivity contribution in [2.75, 3.05) is 12.4 Å². The van der Waals surface area contributed by atoms with Crippen LogP contribution in [0.4, 0.5) is 0 Å². The number of rotatable bonds is 6. The van der Waals surface area contributed by atoms with Crippen LogP contribution >= 0.6 is 23.4 Å². The topological polar surface area (TPSA) is 61.2 Å². The first-order valence-corrected chi connectivity index (χ1v) is 10.5. The fourth-order valence-corrected chi connectivity index (χ4v) is 4.29. The van der Waals surface area contributed by atoms with Crippen LogP contribution in [0, 0.1) is 0 Å². The van der Waals surface area contributed by atoms with Crippen LogP contribution in [0.1, 0.15) is 23.2 Å². The molecule has 1 saturated heterocycles. The minimum absolute atomic E-state index is 0.00646. The van der Waals surface area contributed by atoms with Crippen molar-refractivity contribution in [3.05, 3.63) is 69.5 Å². The maximum atomic E-state index is 13.0. The van der Waals surface area contributed by atoms with Crippen LogP contribution in [0.5, 0.6) is 0 Å². The summed E-state index contributed by atoms with van der Waals surface area (Å²) < 4.78 is 7.36. The number of carbonyl (C=O) groups is 1. The molecule has 4 rings (SSSR count). The molecule has 0 N–H and O–H groups in total. The molecule has 0 amide bonds. The number of ether oxygens (including phenoxy) is 1. The van der Waals surface area contributed by atoms with Crippen molar-refractivity contribution in [3.63, 3.8) is 0 Å². The molecular formula is C21H19ClN2O3S. The molecule has 3 aromatic rings. The summed E-state index contributed by atoms with van der Waals surface area (Å²) in [6, 6.07) is 14.1. The Labute approximate surface area is 171 Å². The van der Waals surface area contributed by atoms with Crippen LogP contribution in [0.3, 0.4) is 0 Å². The summed E-state index contributed by atoms with van der Waals surface area (Å²) in [5, 5.41) is 1.71. The van der Waals surface area contributed by atoms with Crippen molar-refractivity contribution in [1.82, 2.24) is 9.55 Å². The average molecular weight is 415 g/mol. The summed E-state index contributed by atoms with van der Waals surface area (Å²) in [5.74, 6) is 0.158. The Balaban J connectivity index is 1.63. The van der Waals surface area contributed by atoms with E-state index < -0.39 is 0 Å². The molecule has 144 valence electrons. The van der Waals surface area contributed by atoms with Crippen LogP contribution in [-0.4, -0.2) is 33.8 Å². The number of nitrogens with zero attached hydrogens (tertiary/aromatic N) is 2. The summed E-state index contributed by atoms with van der Waals surface area (Å²) in [6.07, 6.45) is 1.93. The number of ketones is 1. The Bertz CT molecular complexity index is 1060. The number of benzene rings is 2. The van der Waals surface area contributed by atoms with Crippen LogP contribution in [0.15, 0.2) is 58.5 Å². The standard InChI is InChI=1S/C21H19ClN2O3S/c22-15-9-7-14(8-10-15)19(25)13-28-21-23-18-6-2-1-5-17(18)20(26)24(21)12-16-4-3-11-27-16/h1-2,5-10,16H,3-4,11-13H2. The third-order valence-corrected chi connectivity index (χ3v) is 5.96. The van der Waals surface area contributed by atoms with Gasteiger partial charge in [0, 0.05) is 17.2 Å². The van der Waals surface area contributed by atoms with Gasteiger partial charge in [-0.25, -0.2) is 4.98 Å². The first-order valence-electron chi connectivity index (χ1n) is 9.14. The third-order valence-electron chi connectivity index (χ3n) is 4.74. The molecule has 1 atom stereocenters. The van der Waals surface area contributed by atoms with Crippen molar-refractivity contribution >= 4 is 40.0 Å². The van der Waals surface area contributed by atoms with Gasteiger partial charge in [-0.2, -0.15) is 0 Å². The smallest absolute Gasteiger partial charge is 0.262 e. The summed E-state index contributed by atoms with van der Waals surface area (Å²) in [4.78, 5) is 30.2.